The maximum absolute atomic E-state index is 12.8. The second-order valence-electron chi connectivity index (χ2n) is 8.32. The van der Waals surface area contributed by atoms with Gasteiger partial charge in [-0.1, -0.05) is 0 Å². The summed E-state index contributed by atoms with van der Waals surface area (Å²) in [6.45, 7) is 6.67. The Hall–Kier alpha value is -3.12. The minimum absolute atomic E-state index is 0.320. The maximum Gasteiger partial charge on any atom is 0.344 e. The highest BCUT2D eigenvalue weighted by molar-refractivity contribution is 5.85. The highest BCUT2D eigenvalue weighted by Gasteiger charge is 2.19. The van der Waals surface area contributed by atoms with Crippen molar-refractivity contribution in [1.29, 1.82) is 0 Å². The lowest BCUT2D eigenvalue weighted by Crippen LogP contribution is -2.36. The predicted molar refractivity (Wildman–Crippen MR) is 120 cm³/mol. The van der Waals surface area contributed by atoms with Gasteiger partial charge < -0.3 is 19.5 Å². The summed E-state index contributed by atoms with van der Waals surface area (Å²) < 4.78 is 7.76. The molecule has 0 amide bonds. The largest absolute Gasteiger partial charge is 0.422 e. The SMILES string of the molecule is Cc1cn2cc(-c3cc4ccc(N5CCC(CN)CC5)cc4oc3=O)cc2c(C)n1. The molecule has 0 saturated carbocycles. The number of benzene rings is 1. The van der Waals surface area contributed by atoms with E-state index in [4.69, 9.17) is 10.2 Å². The molecule has 6 heteroatoms. The van der Waals surface area contributed by atoms with Crippen LogP contribution in [0.25, 0.3) is 27.6 Å². The van der Waals surface area contributed by atoms with E-state index in [9.17, 15) is 4.79 Å². The van der Waals surface area contributed by atoms with E-state index >= 15 is 0 Å². The number of aryl methyl sites for hydroxylation is 2. The summed E-state index contributed by atoms with van der Waals surface area (Å²) >= 11 is 0. The number of hydrogen-bond donors (Lipinski definition) is 1. The van der Waals surface area contributed by atoms with Crippen molar-refractivity contribution in [3.05, 3.63) is 64.5 Å². The van der Waals surface area contributed by atoms with Crippen LogP contribution in [0.4, 0.5) is 5.69 Å². The van der Waals surface area contributed by atoms with E-state index in [1.165, 1.54) is 0 Å². The molecule has 1 saturated heterocycles. The summed E-state index contributed by atoms with van der Waals surface area (Å²) in [7, 11) is 0. The molecule has 3 aromatic heterocycles. The Morgan fingerprint density at radius 2 is 1.93 bits per heavy atom. The van der Waals surface area contributed by atoms with Crippen molar-refractivity contribution in [2.24, 2.45) is 11.7 Å². The molecule has 30 heavy (non-hydrogen) atoms. The lowest BCUT2D eigenvalue weighted by Gasteiger charge is -2.33. The molecule has 0 atom stereocenters. The van der Waals surface area contributed by atoms with Crippen molar-refractivity contribution in [1.82, 2.24) is 9.38 Å². The molecule has 4 heterocycles. The Kier molecular flexibility index (Phi) is 4.59. The summed E-state index contributed by atoms with van der Waals surface area (Å²) in [6.07, 6.45) is 6.14. The fraction of sp³-hybridized carbons (Fsp3) is 0.333. The Bertz CT molecular complexity index is 1300. The Balaban J connectivity index is 1.52. The van der Waals surface area contributed by atoms with Gasteiger partial charge in [-0.05, 0) is 63.4 Å². The van der Waals surface area contributed by atoms with E-state index in [1.807, 2.05) is 54.9 Å². The fourth-order valence-corrected chi connectivity index (χ4v) is 4.50. The van der Waals surface area contributed by atoms with Gasteiger partial charge in [0.2, 0.25) is 0 Å². The first-order valence-corrected chi connectivity index (χ1v) is 10.5. The number of hydrogen-bond acceptors (Lipinski definition) is 5. The van der Waals surface area contributed by atoms with Gasteiger partial charge in [0, 0.05) is 48.2 Å². The normalized spacial score (nSPS) is 15.4. The summed E-state index contributed by atoms with van der Waals surface area (Å²) in [5, 5.41) is 0.923. The molecule has 154 valence electrons. The number of aromatic nitrogens is 2. The van der Waals surface area contributed by atoms with Gasteiger partial charge in [-0.2, -0.15) is 0 Å². The minimum atomic E-state index is -0.320. The zero-order valence-corrected chi connectivity index (χ0v) is 17.4. The quantitative estimate of drug-likeness (QED) is 0.526. The van der Waals surface area contributed by atoms with Crippen LogP contribution >= 0.6 is 0 Å². The molecule has 1 aromatic carbocycles. The number of nitrogens with two attached hydrogens (primary N) is 1. The maximum atomic E-state index is 12.8. The summed E-state index contributed by atoms with van der Waals surface area (Å²) in [5.74, 6) is 0.614. The third-order valence-corrected chi connectivity index (χ3v) is 6.23. The zero-order chi connectivity index (χ0) is 20.8. The summed E-state index contributed by atoms with van der Waals surface area (Å²) in [4.78, 5) is 19.7. The van der Waals surface area contributed by atoms with E-state index < -0.39 is 0 Å². The number of rotatable bonds is 3. The van der Waals surface area contributed by atoms with Gasteiger partial charge in [-0.3, -0.25) is 4.98 Å². The van der Waals surface area contributed by atoms with E-state index in [1.54, 1.807) is 0 Å². The van der Waals surface area contributed by atoms with Gasteiger partial charge in [-0.15, -0.1) is 0 Å². The van der Waals surface area contributed by atoms with Crippen molar-refractivity contribution < 1.29 is 4.42 Å². The third kappa shape index (κ3) is 3.27. The molecule has 1 aliphatic heterocycles. The lowest BCUT2D eigenvalue weighted by atomic mass is 9.96. The minimum Gasteiger partial charge on any atom is -0.422 e. The zero-order valence-electron chi connectivity index (χ0n) is 17.4. The summed E-state index contributed by atoms with van der Waals surface area (Å²) in [5.41, 5.74) is 11.5. The van der Waals surface area contributed by atoms with Gasteiger partial charge in [0.25, 0.3) is 0 Å². The summed E-state index contributed by atoms with van der Waals surface area (Å²) in [6, 6.07) is 10.1. The van der Waals surface area contributed by atoms with E-state index in [0.717, 1.165) is 66.0 Å². The van der Waals surface area contributed by atoms with Crippen molar-refractivity contribution in [2.45, 2.75) is 26.7 Å². The van der Waals surface area contributed by atoms with Crippen LogP contribution in [-0.2, 0) is 0 Å². The van der Waals surface area contributed by atoms with Crippen LogP contribution in [0.2, 0.25) is 0 Å². The average molecular weight is 402 g/mol. The number of fused-ring (bicyclic) bond motifs is 2. The van der Waals surface area contributed by atoms with Crippen molar-refractivity contribution in [2.75, 3.05) is 24.5 Å². The molecule has 4 aromatic rings. The molecule has 1 fully saturated rings. The highest BCUT2D eigenvalue weighted by atomic mass is 16.4. The average Bonchev–Trinajstić information content (AvgIpc) is 3.17. The number of nitrogens with zero attached hydrogens (tertiary/aromatic N) is 3. The van der Waals surface area contributed by atoms with E-state index in [0.29, 0.717) is 17.1 Å². The molecule has 2 N–H and O–H groups in total. The monoisotopic (exact) mass is 402 g/mol. The Morgan fingerprint density at radius 1 is 1.13 bits per heavy atom. The van der Waals surface area contributed by atoms with Gasteiger partial charge in [0.15, 0.2) is 0 Å². The second-order valence-corrected chi connectivity index (χ2v) is 8.32. The second kappa shape index (κ2) is 7.29. The highest BCUT2D eigenvalue weighted by Crippen LogP contribution is 2.29. The standard InChI is InChI=1S/C24H26N4O2/c1-15-13-28-14-19(10-22(28)16(2)26-15)21-9-18-3-4-20(11-23(18)30-24(21)29)27-7-5-17(12-25)6-8-27/h3-4,9-11,13-14,17H,5-8,12,25H2,1-2H3. The molecular formula is C24H26N4O2. The van der Waals surface area contributed by atoms with E-state index in [2.05, 4.69) is 16.0 Å². The molecule has 0 spiro atoms. The predicted octanol–water partition coefficient (Wildman–Crippen LogP) is 3.90. The van der Waals surface area contributed by atoms with Crippen LogP contribution < -0.4 is 16.3 Å². The Labute approximate surface area is 174 Å². The fourth-order valence-electron chi connectivity index (χ4n) is 4.50. The first kappa shape index (κ1) is 18.9. The molecule has 0 bridgehead atoms. The van der Waals surface area contributed by atoms with Gasteiger partial charge >= 0.3 is 5.63 Å². The first-order chi connectivity index (χ1) is 14.5. The third-order valence-electron chi connectivity index (χ3n) is 6.23. The molecule has 5 rings (SSSR count). The number of piperidine rings is 1. The molecule has 1 aliphatic rings. The van der Waals surface area contributed by atoms with E-state index in [-0.39, 0.29) is 5.63 Å². The molecule has 6 nitrogen and oxygen atoms in total. The lowest BCUT2D eigenvalue weighted by molar-refractivity contribution is 0.414. The van der Waals surface area contributed by atoms with Crippen LogP contribution in [0.15, 0.2) is 51.9 Å². The van der Waals surface area contributed by atoms with Gasteiger partial charge in [-0.25, -0.2) is 4.79 Å². The van der Waals surface area contributed by atoms with Crippen LogP contribution in [0.1, 0.15) is 24.2 Å². The topological polar surface area (TPSA) is 76.8 Å². The Morgan fingerprint density at radius 3 is 2.70 bits per heavy atom. The molecular weight excluding hydrogens is 376 g/mol. The van der Waals surface area contributed by atoms with Crippen LogP contribution in [0.3, 0.4) is 0 Å². The number of anilines is 1. The van der Waals surface area contributed by atoms with Crippen molar-refractivity contribution >= 4 is 22.2 Å². The molecule has 0 aliphatic carbocycles. The van der Waals surface area contributed by atoms with Crippen molar-refractivity contribution in [3.8, 4) is 11.1 Å². The smallest absolute Gasteiger partial charge is 0.344 e. The van der Waals surface area contributed by atoms with Crippen LogP contribution in [0.5, 0.6) is 0 Å². The van der Waals surface area contributed by atoms with Crippen LogP contribution in [-0.4, -0.2) is 29.0 Å². The molecule has 0 unspecified atom stereocenters. The van der Waals surface area contributed by atoms with Gasteiger partial charge in [0.05, 0.1) is 22.5 Å². The van der Waals surface area contributed by atoms with Crippen LogP contribution in [0, 0.1) is 19.8 Å². The van der Waals surface area contributed by atoms with Gasteiger partial charge in [0.1, 0.15) is 5.58 Å². The van der Waals surface area contributed by atoms with Crippen molar-refractivity contribution in [3.63, 3.8) is 0 Å². The first-order valence-electron chi connectivity index (χ1n) is 10.5. The molecule has 0 radical (unpaired) electrons.